The largest absolute Gasteiger partial charge is 0.309 e. The number of hydrogen-bond donors (Lipinski definition) is 0. The molecule has 0 radical (unpaired) electrons. The molecular formula is C12H16N2. The van der Waals surface area contributed by atoms with E-state index in [0.717, 1.165) is 12.1 Å². The van der Waals surface area contributed by atoms with Gasteiger partial charge >= 0.3 is 0 Å². The Morgan fingerprint density at radius 3 is 2.71 bits per heavy atom. The molecule has 2 heteroatoms. The Bertz CT molecular complexity index is 336. The Morgan fingerprint density at radius 1 is 1.43 bits per heavy atom. The molecule has 74 valence electrons. The van der Waals surface area contributed by atoms with Crippen molar-refractivity contribution >= 4 is 0 Å². The molecule has 2 nitrogen and oxygen atoms in total. The Labute approximate surface area is 86.0 Å². The van der Waals surface area contributed by atoms with E-state index >= 15 is 0 Å². The van der Waals surface area contributed by atoms with E-state index in [1.807, 2.05) is 33.2 Å². The molecule has 0 aromatic heterocycles. The van der Waals surface area contributed by atoms with E-state index < -0.39 is 0 Å². The zero-order valence-corrected chi connectivity index (χ0v) is 8.99. The van der Waals surface area contributed by atoms with Crippen LogP contribution in [0.2, 0.25) is 0 Å². The lowest BCUT2D eigenvalue weighted by molar-refractivity contribution is 0.402. The summed E-state index contributed by atoms with van der Waals surface area (Å²) in [6, 6.07) is 8.22. The molecule has 1 aromatic carbocycles. The molecule has 1 atom stereocenters. The third-order valence-corrected chi connectivity index (χ3v) is 2.13. The number of benzene rings is 1. The number of nitrogens with zero attached hydrogens (tertiary/aromatic N) is 2. The summed E-state index contributed by atoms with van der Waals surface area (Å²) < 4.78 is 0. The predicted octanol–water partition coefficient (Wildman–Crippen LogP) is 2.73. The second-order valence-electron chi connectivity index (χ2n) is 3.79. The molecular weight excluding hydrogens is 172 g/mol. The molecule has 0 aliphatic rings. The van der Waals surface area contributed by atoms with Gasteiger partial charge in [-0.1, -0.05) is 18.2 Å². The lowest BCUT2D eigenvalue weighted by Gasteiger charge is -2.10. The van der Waals surface area contributed by atoms with Crippen molar-refractivity contribution in [1.82, 2.24) is 4.90 Å². The molecule has 0 aliphatic carbocycles. The summed E-state index contributed by atoms with van der Waals surface area (Å²) in [6.45, 7) is 9.83. The second kappa shape index (κ2) is 4.78. The van der Waals surface area contributed by atoms with Crippen LogP contribution < -0.4 is 0 Å². The summed E-state index contributed by atoms with van der Waals surface area (Å²) >= 11 is 0. The van der Waals surface area contributed by atoms with Crippen LogP contribution >= 0.6 is 0 Å². The van der Waals surface area contributed by atoms with Crippen LogP contribution in [0.1, 0.15) is 24.1 Å². The van der Waals surface area contributed by atoms with Crippen molar-refractivity contribution in [3.63, 3.8) is 0 Å². The highest BCUT2D eigenvalue weighted by atomic mass is 15.0. The third kappa shape index (κ3) is 2.86. The molecule has 1 rings (SSSR count). The van der Waals surface area contributed by atoms with Gasteiger partial charge in [-0.15, -0.1) is 0 Å². The molecule has 14 heavy (non-hydrogen) atoms. The molecule has 0 saturated carbocycles. The third-order valence-electron chi connectivity index (χ3n) is 2.13. The highest BCUT2D eigenvalue weighted by Crippen LogP contribution is 2.17. The summed E-state index contributed by atoms with van der Waals surface area (Å²) in [7, 11) is 4.09. The Morgan fingerprint density at radius 2 is 2.14 bits per heavy atom. The molecule has 0 spiro atoms. The fraction of sp³-hybridized carbons (Fsp3) is 0.417. The van der Waals surface area contributed by atoms with Gasteiger partial charge in [0.05, 0.1) is 0 Å². The molecule has 0 bridgehead atoms. The van der Waals surface area contributed by atoms with E-state index in [-0.39, 0.29) is 6.04 Å². The van der Waals surface area contributed by atoms with Gasteiger partial charge in [0.25, 0.3) is 0 Å². The van der Waals surface area contributed by atoms with Crippen LogP contribution in [-0.4, -0.2) is 19.0 Å². The molecule has 1 unspecified atom stereocenters. The highest BCUT2D eigenvalue weighted by Gasteiger charge is 2.08. The van der Waals surface area contributed by atoms with Crippen LogP contribution in [-0.2, 0) is 6.54 Å². The van der Waals surface area contributed by atoms with E-state index in [9.17, 15) is 0 Å². The van der Waals surface area contributed by atoms with E-state index in [0.29, 0.717) is 0 Å². The van der Waals surface area contributed by atoms with Crippen LogP contribution in [0.3, 0.4) is 0 Å². The summed E-state index contributed by atoms with van der Waals surface area (Å²) in [4.78, 5) is 5.64. The normalized spacial score (nSPS) is 12.5. The summed E-state index contributed by atoms with van der Waals surface area (Å²) in [5.41, 5.74) is 2.38. The average molecular weight is 188 g/mol. The maximum Gasteiger partial charge on any atom is 0.245 e. The smallest absolute Gasteiger partial charge is 0.245 e. The van der Waals surface area contributed by atoms with Gasteiger partial charge in [-0.25, -0.2) is 6.57 Å². The van der Waals surface area contributed by atoms with Gasteiger partial charge in [-0.3, -0.25) is 0 Å². The van der Waals surface area contributed by atoms with Gasteiger partial charge in [-0.05, 0) is 25.7 Å². The number of hydrogen-bond acceptors (Lipinski definition) is 1. The lowest BCUT2D eigenvalue weighted by atomic mass is 10.1. The first kappa shape index (κ1) is 10.7. The van der Waals surface area contributed by atoms with Crippen molar-refractivity contribution in [2.75, 3.05) is 14.1 Å². The first-order chi connectivity index (χ1) is 6.63. The van der Waals surface area contributed by atoms with Crippen molar-refractivity contribution in [2.45, 2.75) is 19.5 Å². The molecule has 0 aliphatic heterocycles. The van der Waals surface area contributed by atoms with E-state index in [2.05, 4.69) is 21.9 Å². The van der Waals surface area contributed by atoms with Crippen LogP contribution in [0.4, 0.5) is 0 Å². The minimum absolute atomic E-state index is 0.0305. The van der Waals surface area contributed by atoms with E-state index in [4.69, 9.17) is 6.57 Å². The maximum absolute atomic E-state index is 6.97. The van der Waals surface area contributed by atoms with Crippen LogP contribution in [0, 0.1) is 6.57 Å². The zero-order valence-electron chi connectivity index (χ0n) is 8.99. The quantitative estimate of drug-likeness (QED) is 0.662. The summed E-state index contributed by atoms with van der Waals surface area (Å²) in [5, 5.41) is 0. The summed E-state index contributed by atoms with van der Waals surface area (Å²) in [6.07, 6.45) is 0. The van der Waals surface area contributed by atoms with Gasteiger partial charge in [0.2, 0.25) is 6.04 Å². The first-order valence-corrected chi connectivity index (χ1v) is 4.73. The molecule has 0 N–H and O–H groups in total. The first-order valence-electron chi connectivity index (χ1n) is 4.73. The van der Waals surface area contributed by atoms with Crippen molar-refractivity contribution in [2.24, 2.45) is 0 Å². The summed E-state index contributed by atoms with van der Waals surface area (Å²) in [5.74, 6) is 0. The molecule has 0 heterocycles. The van der Waals surface area contributed by atoms with Gasteiger partial charge in [-0.2, -0.15) is 0 Å². The predicted molar refractivity (Wildman–Crippen MR) is 58.9 cm³/mol. The van der Waals surface area contributed by atoms with E-state index in [1.165, 1.54) is 5.56 Å². The topological polar surface area (TPSA) is 7.60 Å². The van der Waals surface area contributed by atoms with Crippen molar-refractivity contribution in [3.05, 3.63) is 46.8 Å². The van der Waals surface area contributed by atoms with Gasteiger partial charge in [0.15, 0.2) is 0 Å². The van der Waals surface area contributed by atoms with Gasteiger partial charge < -0.3 is 9.74 Å². The van der Waals surface area contributed by atoms with Crippen molar-refractivity contribution in [1.29, 1.82) is 0 Å². The van der Waals surface area contributed by atoms with E-state index in [1.54, 1.807) is 0 Å². The highest BCUT2D eigenvalue weighted by molar-refractivity contribution is 5.27. The van der Waals surface area contributed by atoms with Crippen LogP contribution in [0.5, 0.6) is 0 Å². The average Bonchev–Trinajstić information content (AvgIpc) is 2.16. The Hall–Kier alpha value is -1.33. The molecule has 0 saturated heterocycles. The Balaban J connectivity index is 2.85. The fourth-order valence-corrected chi connectivity index (χ4v) is 1.39. The zero-order chi connectivity index (χ0) is 10.6. The second-order valence-corrected chi connectivity index (χ2v) is 3.79. The monoisotopic (exact) mass is 188 g/mol. The number of rotatable bonds is 3. The van der Waals surface area contributed by atoms with Crippen molar-refractivity contribution < 1.29 is 0 Å². The minimum atomic E-state index is -0.0305. The van der Waals surface area contributed by atoms with Gasteiger partial charge in [0, 0.05) is 19.0 Å². The van der Waals surface area contributed by atoms with Crippen LogP contribution in [0.25, 0.3) is 4.85 Å². The molecule has 1 aromatic rings. The van der Waals surface area contributed by atoms with Gasteiger partial charge in [0.1, 0.15) is 0 Å². The van der Waals surface area contributed by atoms with Crippen molar-refractivity contribution in [3.8, 4) is 0 Å². The molecule has 0 fully saturated rings. The SMILES string of the molecule is [C-]#[N+]C(C)c1cccc(CN(C)C)c1. The lowest BCUT2D eigenvalue weighted by Crippen LogP contribution is -2.10. The molecule has 0 amide bonds. The standard InChI is InChI=1S/C12H16N2/c1-10(13-2)12-7-5-6-11(8-12)9-14(3)4/h5-8,10H,9H2,1,3-4H3. The minimum Gasteiger partial charge on any atom is -0.309 e. The maximum atomic E-state index is 6.97. The fourth-order valence-electron chi connectivity index (χ4n) is 1.39. The van der Waals surface area contributed by atoms with Crippen LogP contribution in [0.15, 0.2) is 24.3 Å². The Kier molecular flexibility index (Phi) is 3.67.